The molecule has 0 aromatic heterocycles. The van der Waals surface area contributed by atoms with Gasteiger partial charge in [0, 0.05) is 0 Å². The fourth-order valence-corrected chi connectivity index (χ4v) is 2.86. The van der Waals surface area contributed by atoms with Crippen molar-refractivity contribution >= 4 is 29.2 Å². The van der Waals surface area contributed by atoms with E-state index in [4.69, 9.17) is 23.2 Å². The molecule has 0 saturated carbocycles. The van der Waals surface area contributed by atoms with Gasteiger partial charge in [0.15, 0.2) is 5.66 Å². The van der Waals surface area contributed by atoms with Gasteiger partial charge in [-0.25, -0.2) is 9.69 Å². The highest BCUT2D eigenvalue weighted by molar-refractivity contribution is 6.23. The maximum Gasteiger partial charge on any atom is 0.339 e. The van der Waals surface area contributed by atoms with E-state index in [1.54, 1.807) is 18.7 Å². The van der Waals surface area contributed by atoms with Gasteiger partial charge in [-0.1, -0.05) is 0 Å². The molecule has 0 radical (unpaired) electrons. The van der Waals surface area contributed by atoms with Crippen molar-refractivity contribution in [3.05, 3.63) is 0 Å². The highest BCUT2D eigenvalue weighted by Gasteiger charge is 2.49. The van der Waals surface area contributed by atoms with Gasteiger partial charge in [0.05, 0.1) is 11.0 Å². The average Bonchev–Trinajstić information content (AvgIpc) is 2.52. The molecule has 0 aromatic rings. The number of hydrogen-bond acceptors (Lipinski definition) is 3. The number of carbonyl (C=O) groups is 1. The van der Waals surface area contributed by atoms with E-state index in [2.05, 4.69) is 5.32 Å². The van der Waals surface area contributed by atoms with Gasteiger partial charge >= 0.3 is 5.97 Å². The van der Waals surface area contributed by atoms with E-state index in [1.165, 1.54) is 0 Å². The van der Waals surface area contributed by atoms with Crippen LogP contribution in [0.5, 0.6) is 0 Å². The number of nitrogens with zero attached hydrogens (tertiary/aromatic N) is 1. The zero-order valence-electron chi connectivity index (χ0n) is 8.83. The summed E-state index contributed by atoms with van der Waals surface area (Å²) < 4.78 is 0. The molecule has 88 valence electrons. The summed E-state index contributed by atoms with van der Waals surface area (Å²) in [7, 11) is 0. The third-order valence-corrected chi connectivity index (χ3v) is 3.11. The third kappa shape index (κ3) is 2.38. The Balaban J connectivity index is 3.00. The monoisotopic (exact) mass is 254 g/mol. The van der Waals surface area contributed by atoms with E-state index in [1.807, 2.05) is 0 Å². The number of halogens is 2. The Morgan fingerprint density at radius 1 is 1.47 bits per heavy atom. The maximum absolute atomic E-state index is 11.4. The van der Waals surface area contributed by atoms with Crippen molar-refractivity contribution in [2.45, 2.75) is 43.4 Å². The highest BCUT2D eigenvalue weighted by Crippen LogP contribution is 2.30. The van der Waals surface area contributed by atoms with Gasteiger partial charge in [0.2, 0.25) is 0 Å². The zero-order chi connectivity index (χ0) is 11.6. The van der Waals surface area contributed by atoms with Crippen molar-refractivity contribution in [1.82, 2.24) is 10.2 Å². The lowest BCUT2D eigenvalue weighted by molar-refractivity contribution is -0.154. The van der Waals surface area contributed by atoms with Crippen molar-refractivity contribution in [3.8, 4) is 0 Å². The highest BCUT2D eigenvalue weighted by atomic mass is 35.5. The standard InChI is InChI=1S/C9H16Cl2N2O2/c1-6(10)13(7(2)11)9(8(14)15)4-3-5-12-9/h6-7,12H,3-5H2,1-2H3,(H,14,15). The van der Waals surface area contributed by atoms with Gasteiger partial charge in [0.1, 0.15) is 0 Å². The van der Waals surface area contributed by atoms with Crippen LogP contribution < -0.4 is 5.32 Å². The number of carboxylic acids is 1. The summed E-state index contributed by atoms with van der Waals surface area (Å²) in [5.41, 5.74) is -1.97. The molecule has 3 atom stereocenters. The van der Waals surface area contributed by atoms with Crippen LogP contribution >= 0.6 is 23.2 Å². The quantitative estimate of drug-likeness (QED) is 0.592. The summed E-state index contributed by atoms with van der Waals surface area (Å²) in [6.07, 6.45) is 1.34. The second-order valence-electron chi connectivity index (χ2n) is 3.75. The lowest BCUT2D eigenvalue weighted by atomic mass is 10.1. The van der Waals surface area contributed by atoms with Crippen LogP contribution in [-0.4, -0.2) is 39.2 Å². The molecule has 3 unspecified atom stereocenters. The number of aliphatic carboxylic acids is 1. The molecule has 0 bridgehead atoms. The van der Waals surface area contributed by atoms with Gasteiger partial charge in [0.25, 0.3) is 0 Å². The molecular weight excluding hydrogens is 239 g/mol. The maximum atomic E-state index is 11.4. The van der Waals surface area contributed by atoms with Crippen LogP contribution in [0.2, 0.25) is 0 Å². The molecule has 1 aliphatic heterocycles. The molecule has 0 amide bonds. The Kier molecular flexibility index (Phi) is 4.23. The zero-order valence-corrected chi connectivity index (χ0v) is 10.3. The molecule has 15 heavy (non-hydrogen) atoms. The normalized spacial score (nSPS) is 30.5. The number of alkyl halides is 2. The first-order valence-corrected chi connectivity index (χ1v) is 5.84. The molecule has 0 spiro atoms. The van der Waals surface area contributed by atoms with E-state index >= 15 is 0 Å². The third-order valence-electron chi connectivity index (χ3n) is 2.69. The van der Waals surface area contributed by atoms with Crippen molar-refractivity contribution in [2.24, 2.45) is 0 Å². The van der Waals surface area contributed by atoms with Crippen molar-refractivity contribution in [1.29, 1.82) is 0 Å². The van der Waals surface area contributed by atoms with E-state index in [-0.39, 0.29) is 0 Å². The first-order chi connectivity index (χ1) is 6.92. The molecule has 1 saturated heterocycles. The van der Waals surface area contributed by atoms with E-state index in [0.717, 1.165) is 6.42 Å². The molecule has 1 rings (SSSR count). The fraction of sp³-hybridized carbons (Fsp3) is 0.889. The van der Waals surface area contributed by atoms with Gasteiger partial charge in [-0.05, 0) is 33.2 Å². The van der Waals surface area contributed by atoms with Gasteiger partial charge in [-0.3, -0.25) is 5.32 Å². The Morgan fingerprint density at radius 3 is 2.27 bits per heavy atom. The van der Waals surface area contributed by atoms with Gasteiger partial charge in [-0.15, -0.1) is 23.2 Å². The minimum Gasteiger partial charge on any atom is -0.479 e. The van der Waals surface area contributed by atoms with Crippen LogP contribution in [0, 0.1) is 0 Å². The minimum atomic E-state index is -1.11. The molecule has 0 aromatic carbocycles. The van der Waals surface area contributed by atoms with Crippen molar-refractivity contribution in [2.75, 3.05) is 6.54 Å². The summed E-state index contributed by atoms with van der Waals surface area (Å²) in [5.74, 6) is -0.917. The van der Waals surface area contributed by atoms with Crippen LogP contribution in [0.15, 0.2) is 0 Å². The fourth-order valence-electron chi connectivity index (χ4n) is 2.13. The van der Waals surface area contributed by atoms with Crippen LogP contribution in [-0.2, 0) is 4.79 Å². The molecule has 2 N–H and O–H groups in total. The molecular formula is C9H16Cl2N2O2. The lowest BCUT2D eigenvalue weighted by Gasteiger charge is -2.41. The first kappa shape index (κ1) is 13.0. The van der Waals surface area contributed by atoms with Crippen molar-refractivity contribution < 1.29 is 9.90 Å². The van der Waals surface area contributed by atoms with Crippen molar-refractivity contribution in [3.63, 3.8) is 0 Å². The number of rotatable bonds is 4. The van der Waals surface area contributed by atoms with E-state index in [0.29, 0.717) is 13.0 Å². The molecule has 1 heterocycles. The summed E-state index contributed by atoms with van der Waals surface area (Å²) in [6, 6.07) is 0. The molecule has 0 aliphatic carbocycles. The van der Waals surface area contributed by atoms with Crippen LogP contribution in [0.3, 0.4) is 0 Å². The van der Waals surface area contributed by atoms with Gasteiger partial charge < -0.3 is 5.11 Å². The molecule has 4 nitrogen and oxygen atoms in total. The Hall–Kier alpha value is -0.0300. The summed E-state index contributed by atoms with van der Waals surface area (Å²) in [5, 5.41) is 12.3. The largest absolute Gasteiger partial charge is 0.479 e. The number of carboxylic acid groups (broad SMARTS) is 1. The van der Waals surface area contributed by atoms with Crippen LogP contribution in [0.4, 0.5) is 0 Å². The summed E-state index contributed by atoms with van der Waals surface area (Å²) >= 11 is 12.0. The second-order valence-corrected chi connectivity index (χ2v) is 5.01. The number of hydrogen-bond donors (Lipinski definition) is 2. The van der Waals surface area contributed by atoms with Gasteiger partial charge in [-0.2, -0.15) is 0 Å². The smallest absolute Gasteiger partial charge is 0.339 e. The lowest BCUT2D eigenvalue weighted by Crippen LogP contribution is -2.64. The van der Waals surface area contributed by atoms with E-state index in [9.17, 15) is 9.90 Å². The summed E-state index contributed by atoms with van der Waals surface area (Å²) in [6.45, 7) is 4.13. The SMILES string of the molecule is CC(Cl)N(C(C)Cl)C1(C(=O)O)CCCN1. The Bertz CT molecular complexity index is 232. The number of nitrogens with one attached hydrogen (secondary N) is 1. The topological polar surface area (TPSA) is 52.6 Å². The second kappa shape index (κ2) is 4.87. The minimum absolute atomic E-state index is 0.431. The predicted octanol–water partition coefficient (Wildman–Crippen LogP) is 1.62. The molecule has 1 aliphatic rings. The van der Waals surface area contributed by atoms with Crippen LogP contribution in [0.1, 0.15) is 26.7 Å². The molecule has 1 fully saturated rings. The average molecular weight is 255 g/mol. The first-order valence-electron chi connectivity index (χ1n) is 4.97. The Labute approximate surface area is 99.5 Å². The predicted molar refractivity (Wildman–Crippen MR) is 60.1 cm³/mol. The van der Waals surface area contributed by atoms with E-state index < -0.39 is 22.6 Å². The molecule has 6 heteroatoms. The van der Waals surface area contributed by atoms with Crippen LogP contribution in [0.25, 0.3) is 0 Å². The summed E-state index contributed by atoms with van der Waals surface area (Å²) in [4.78, 5) is 12.9. The Morgan fingerprint density at radius 2 is 2.00 bits per heavy atom.